The predicted octanol–water partition coefficient (Wildman–Crippen LogP) is 4.02. The van der Waals surface area contributed by atoms with Gasteiger partial charge in [-0.15, -0.1) is 0 Å². The second kappa shape index (κ2) is 9.29. The minimum absolute atomic E-state index is 0.142. The number of amidine groups is 1. The van der Waals surface area contributed by atoms with Crippen LogP contribution in [0.4, 0.5) is 10.5 Å². The third-order valence-electron chi connectivity index (χ3n) is 5.80. The van der Waals surface area contributed by atoms with Crippen molar-refractivity contribution in [2.75, 3.05) is 32.1 Å². The van der Waals surface area contributed by atoms with E-state index in [-0.39, 0.29) is 17.4 Å². The van der Waals surface area contributed by atoms with Crippen LogP contribution >= 0.6 is 11.6 Å². The molecule has 1 N–H and O–H groups in total. The molecule has 1 fully saturated rings. The third-order valence-corrected chi connectivity index (χ3v) is 5.98. The van der Waals surface area contributed by atoms with Gasteiger partial charge in [0, 0.05) is 38.5 Å². The largest absolute Gasteiger partial charge is 0.444 e. The van der Waals surface area contributed by atoms with Gasteiger partial charge >= 0.3 is 6.09 Å². The molecule has 1 amide bonds. The Kier molecular flexibility index (Phi) is 6.61. The number of carbonyl (C=O) groups is 1. The number of hydrogen-bond acceptors (Lipinski definition) is 7. The first-order valence-corrected chi connectivity index (χ1v) is 11.4. The molecule has 1 saturated heterocycles. The average molecular weight is 472 g/mol. The van der Waals surface area contributed by atoms with E-state index >= 15 is 0 Å². The lowest BCUT2D eigenvalue weighted by molar-refractivity contribution is -0.157. The maximum Gasteiger partial charge on any atom is 0.410 e. The number of fused-ring (bicyclic) bond motifs is 1. The molecule has 4 rings (SSSR count). The smallest absolute Gasteiger partial charge is 0.410 e. The highest BCUT2D eigenvalue weighted by Gasteiger charge is 2.47. The van der Waals surface area contributed by atoms with Crippen LogP contribution < -0.4 is 5.32 Å². The lowest BCUT2D eigenvalue weighted by atomic mass is 9.99. The van der Waals surface area contributed by atoms with Gasteiger partial charge in [-0.1, -0.05) is 30.3 Å². The van der Waals surface area contributed by atoms with E-state index in [1.807, 2.05) is 49.9 Å². The first-order valence-electron chi connectivity index (χ1n) is 11.0. The molecule has 8 nitrogen and oxygen atoms in total. The molecule has 0 bridgehead atoms. The summed E-state index contributed by atoms with van der Waals surface area (Å²) >= 11 is 6.36. The monoisotopic (exact) mass is 471 g/mol. The maximum atomic E-state index is 13.1. The molecule has 1 aromatic heterocycles. The fourth-order valence-corrected chi connectivity index (χ4v) is 4.60. The Morgan fingerprint density at radius 2 is 2.00 bits per heavy atom. The molecule has 33 heavy (non-hydrogen) atoms. The van der Waals surface area contributed by atoms with Gasteiger partial charge in [0.05, 0.1) is 17.9 Å². The van der Waals surface area contributed by atoms with E-state index in [0.29, 0.717) is 26.1 Å². The number of carbonyl (C=O) groups excluding carboxylic acids is 1. The number of hydrogen-bond donors (Lipinski definition) is 1. The van der Waals surface area contributed by atoms with Crippen molar-refractivity contribution in [3.63, 3.8) is 0 Å². The summed E-state index contributed by atoms with van der Waals surface area (Å²) in [6.07, 6.45) is 3.78. The zero-order valence-electron chi connectivity index (χ0n) is 19.4. The second-order valence-electron chi connectivity index (χ2n) is 9.22. The number of halogens is 1. The fraction of sp³-hybridized carbons (Fsp3) is 0.458. The quantitative estimate of drug-likeness (QED) is 0.678. The number of aliphatic imine (C=N–C) groups is 1. The molecule has 0 spiro atoms. The summed E-state index contributed by atoms with van der Waals surface area (Å²) in [6, 6.07) is 11.9. The molecule has 0 radical (unpaired) electrons. The number of aromatic nitrogens is 1. The summed E-state index contributed by atoms with van der Waals surface area (Å²) in [5.74, 6) is -1.12. The van der Waals surface area contributed by atoms with E-state index < -0.39 is 11.4 Å². The Hall–Kier alpha value is -2.68. The lowest BCUT2D eigenvalue weighted by Crippen LogP contribution is -2.62. The Morgan fingerprint density at radius 1 is 1.24 bits per heavy atom. The Morgan fingerprint density at radius 3 is 2.70 bits per heavy atom. The van der Waals surface area contributed by atoms with Gasteiger partial charge in [0.15, 0.2) is 5.29 Å². The van der Waals surface area contributed by atoms with Crippen LogP contribution in [0.25, 0.3) is 0 Å². The SMILES string of the molecule is CO[C@@]1(N2CCN(C(=O)OC(C)(C)C)C(Cc3ccccc3)C2)N=C(Cl)Nc2cnccc21. The van der Waals surface area contributed by atoms with Gasteiger partial charge in [-0.05, 0) is 50.4 Å². The van der Waals surface area contributed by atoms with Crippen molar-refractivity contribution in [2.24, 2.45) is 4.99 Å². The van der Waals surface area contributed by atoms with E-state index in [1.165, 1.54) is 0 Å². The van der Waals surface area contributed by atoms with Gasteiger partial charge < -0.3 is 19.7 Å². The van der Waals surface area contributed by atoms with E-state index in [0.717, 1.165) is 16.8 Å². The minimum Gasteiger partial charge on any atom is -0.444 e. The first-order chi connectivity index (χ1) is 15.7. The van der Waals surface area contributed by atoms with Crippen molar-refractivity contribution >= 4 is 28.7 Å². The summed E-state index contributed by atoms with van der Waals surface area (Å²) in [7, 11) is 1.62. The van der Waals surface area contributed by atoms with Gasteiger partial charge in [0.1, 0.15) is 5.60 Å². The molecule has 0 aliphatic carbocycles. The normalized spacial score (nSPS) is 23.4. The third kappa shape index (κ3) is 4.98. The fourth-order valence-electron chi connectivity index (χ4n) is 4.39. The van der Waals surface area contributed by atoms with E-state index in [4.69, 9.17) is 21.1 Å². The molecular weight excluding hydrogens is 442 g/mol. The van der Waals surface area contributed by atoms with Crippen molar-refractivity contribution in [1.29, 1.82) is 0 Å². The van der Waals surface area contributed by atoms with Crippen molar-refractivity contribution in [2.45, 2.75) is 44.7 Å². The van der Waals surface area contributed by atoms with Gasteiger partial charge in [0.2, 0.25) is 0 Å². The molecule has 9 heteroatoms. The molecule has 1 unspecified atom stereocenters. The summed E-state index contributed by atoms with van der Waals surface area (Å²) in [6.45, 7) is 7.17. The average Bonchev–Trinajstić information content (AvgIpc) is 2.78. The molecule has 2 aliphatic heterocycles. The Bertz CT molecular complexity index is 1030. The molecule has 176 valence electrons. The zero-order chi connectivity index (χ0) is 23.6. The van der Waals surface area contributed by atoms with Crippen LogP contribution in [-0.2, 0) is 21.7 Å². The molecular formula is C24H30ClN5O3. The highest BCUT2D eigenvalue weighted by molar-refractivity contribution is 6.67. The molecule has 2 aromatic rings. The van der Waals surface area contributed by atoms with Gasteiger partial charge in [0.25, 0.3) is 5.85 Å². The van der Waals surface area contributed by atoms with Gasteiger partial charge in [-0.25, -0.2) is 14.7 Å². The Balaban J connectivity index is 1.67. The Labute approximate surface area is 199 Å². The first kappa shape index (κ1) is 23.5. The van der Waals surface area contributed by atoms with E-state index in [9.17, 15) is 4.79 Å². The van der Waals surface area contributed by atoms with Crippen LogP contribution in [0.15, 0.2) is 53.8 Å². The molecule has 0 saturated carbocycles. The number of pyridine rings is 1. The van der Waals surface area contributed by atoms with Gasteiger partial charge in [-0.2, -0.15) is 0 Å². The number of amides is 1. The van der Waals surface area contributed by atoms with Crippen molar-refractivity contribution in [3.8, 4) is 0 Å². The van der Waals surface area contributed by atoms with Crippen LogP contribution in [-0.4, -0.2) is 64.6 Å². The molecule has 2 atom stereocenters. The standard InChI is InChI=1S/C24H30ClN5O3/c1-23(2,3)33-22(31)30-13-12-29(16-18(30)14-17-8-6-5-7-9-17)24(32-4)19-10-11-26-15-20(19)27-21(25)28-24/h5-11,15,18H,12-14,16H2,1-4H3,(H,27,28)/t18?,24-/m1/s1. The highest BCUT2D eigenvalue weighted by Crippen LogP contribution is 2.40. The highest BCUT2D eigenvalue weighted by atomic mass is 35.5. The van der Waals surface area contributed by atoms with Gasteiger partial charge in [-0.3, -0.25) is 4.98 Å². The minimum atomic E-state index is -1.12. The summed E-state index contributed by atoms with van der Waals surface area (Å²) in [5, 5.41) is 3.28. The number of methoxy groups -OCH3 is 1. The number of nitrogens with zero attached hydrogens (tertiary/aromatic N) is 4. The van der Waals surface area contributed by atoms with E-state index in [1.54, 1.807) is 19.5 Å². The number of ether oxygens (including phenoxy) is 2. The topological polar surface area (TPSA) is 79.3 Å². The van der Waals surface area contributed by atoms with Crippen molar-refractivity contribution in [1.82, 2.24) is 14.8 Å². The van der Waals surface area contributed by atoms with Crippen LogP contribution in [0, 0.1) is 0 Å². The second-order valence-corrected chi connectivity index (χ2v) is 9.58. The zero-order valence-corrected chi connectivity index (χ0v) is 20.2. The molecule has 2 aliphatic rings. The molecule has 1 aromatic carbocycles. The number of nitrogens with one attached hydrogen (secondary N) is 1. The van der Waals surface area contributed by atoms with E-state index in [2.05, 4.69) is 32.3 Å². The number of rotatable bonds is 4. The van der Waals surface area contributed by atoms with Crippen LogP contribution in [0.2, 0.25) is 0 Å². The van der Waals surface area contributed by atoms with Crippen molar-refractivity contribution in [3.05, 3.63) is 59.9 Å². The van der Waals surface area contributed by atoms with Crippen LogP contribution in [0.3, 0.4) is 0 Å². The molecule has 3 heterocycles. The lowest BCUT2D eigenvalue weighted by Gasteiger charge is -2.49. The number of benzene rings is 1. The van der Waals surface area contributed by atoms with Crippen LogP contribution in [0.1, 0.15) is 31.9 Å². The summed E-state index contributed by atoms with van der Waals surface area (Å²) in [4.78, 5) is 25.9. The number of anilines is 1. The van der Waals surface area contributed by atoms with Crippen molar-refractivity contribution < 1.29 is 14.3 Å². The summed E-state index contributed by atoms with van der Waals surface area (Å²) < 4.78 is 11.8. The van der Waals surface area contributed by atoms with Crippen LogP contribution in [0.5, 0.6) is 0 Å². The summed E-state index contributed by atoms with van der Waals surface area (Å²) in [5.41, 5.74) is 2.14. The maximum absolute atomic E-state index is 13.1. The number of piperazine rings is 1. The predicted molar refractivity (Wildman–Crippen MR) is 128 cm³/mol.